The van der Waals surface area contributed by atoms with E-state index in [9.17, 15) is 0 Å². The molecule has 19 heavy (non-hydrogen) atoms. The monoisotopic (exact) mass is 255 g/mol. The predicted molar refractivity (Wildman–Crippen MR) is 77.6 cm³/mol. The summed E-state index contributed by atoms with van der Waals surface area (Å²) in [5, 5.41) is 3.58. The predicted octanol–water partition coefficient (Wildman–Crippen LogP) is 2.61. The number of aromatic nitrogens is 2. The molecule has 4 rings (SSSR count). The molecule has 1 N–H and O–H groups in total. The molecule has 1 fully saturated rings. The smallest absolute Gasteiger partial charge is 0.106 e. The molecule has 0 spiro atoms. The standard InChI is InChI=1S/C16H21N3/c1-3-19-10(2)18-15-7-14-12(6-16(15)19)4-11-5-13(14)9-17-8-11/h6-7,11,13,17H,3-5,8-9H2,1-2H3. The van der Waals surface area contributed by atoms with Gasteiger partial charge in [0.25, 0.3) is 0 Å². The van der Waals surface area contributed by atoms with Gasteiger partial charge in [-0.2, -0.15) is 0 Å². The van der Waals surface area contributed by atoms with Crippen molar-refractivity contribution >= 4 is 11.0 Å². The first-order valence-electron chi connectivity index (χ1n) is 7.46. The molecule has 1 aliphatic carbocycles. The Kier molecular flexibility index (Phi) is 2.46. The van der Waals surface area contributed by atoms with Crippen LogP contribution < -0.4 is 5.32 Å². The lowest BCUT2D eigenvalue weighted by atomic mass is 9.74. The van der Waals surface area contributed by atoms with Crippen molar-refractivity contribution in [3.8, 4) is 0 Å². The van der Waals surface area contributed by atoms with Crippen molar-refractivity contribution in [2.75, 3.05) is 13.1 Å². The van der Waals surface area contributed by atoms with Crippen LogP contribution in [0.2, 0.25) is 0 Å². The summed E-state index contributed by atoms with van der Waals surface area (Å²) in [7, 11) is 0. The summed E-state index contributed by atoms with van der Waals surface area (Å²) >= 11 is 0. The number of piperidine rings is 1. The molecule has 3 nitrogen and oxygen atoms in total. The van der Waals surface area contributed by atoms with Gasteiger partial charge in [-0.1, -0.05) is 0 Å². The summed E-state index contributed by atoms with van der Waals surface area (Å²) in [6.45, 7) is 7.66. The molecule has 2 bridgehead atoms. The maximum Gasteiger partial charge on any atom is 0.106 e. The molecule has 2 unspecified atom stereocenters. The molecule has 2 heterocycles. The summed E-state index contributed by atoms with van der Waals surface area (Å²) in [5.74, 6) is 2.68. The summed E-state index contributed by atoms with van der Waals surface area (Å²) < 4.78 is 2.33. The number of aryl methyl sites for hydroxylation is 2. The number of imidazole rings is 1. The third kappa shape index (κ3) is 1.64. The zero-order chi connectivity index (χ0) is 13.0. The van der Waals surface area contributed by atoms with Crippen LogP contribution in [-0.2, 0) is 13.0 Å². The lowest BCUT2D eigenvalue weighted by Crippen LogP contribution is -2.39. The van der Waals surface area contributed by atoms with Crippen molar-refractivity contribution < 1.29 is 0 Å². The van der Waals surface area contributed by atoms with Gasteiger partial charge in [0, 0.05) is 13.1 Å². The van der Waals surface area contributed by atoms with E-state index >= 15 is 0 Å². The number of benzene rings is 1. The van der Waals surface area contributed by atoms with Gasteiger partial charge in [0.15, 0.2) is 0 Å². The molecule has 2 aromatic rings. The van der Waals surface area contributed by atoms with Crippen LogP contribution in [0.5, 0.6) is 0 Å². The Balaban J connectivity index is 1.93. The van der Waals surface area contributed by atoms with E-state index in [2.05, 4.69) is 35.9 Å². The summed E-state index contributed by atoms with van der Waals surface area (Å²) in [5.41, 5.74) is 5.63. The number of nitrogens with one attached hydrogen (secondary N) is 1. The quantitative estimate of drug-likeness (QED) is 0.849. The fraction of sp³-hybridized carbons (Fsp3) is 0.562. The molecule has 0 radical (unpaired) electrons. The van der Waals surface area contributed by atoms with E-state index in [1.165, 1.54) is 30.4 Å². The summed E-state index contributed by atoms with van der Waals surface area (Å²) in [4.78, 5) is 4.74. The van der Waals surface area contributed by atoms with Gasteiger partial charge < -0.3 is 9.88 Å². The third-order valence-corrected chi connectivity index (χ3v) is 4.91. The average molecular weight is 255 g/mol. The van der Waals surface area contributed by atoms with Gasteiger partial charge in [-0.25, -0.2) is 4.98 Å². The zero-order valence-corrected chi connectivity index (χ0v) is 11.7. The van der Waals surface area contributed by atoms with Gasteiger partial charge in [0.05, 0.1) is 11.0 Å². The lowest BCUT2D eigenvalue weighted by molar-refractivity contribution is 0.318. The van der Waals surface area contributed by atoms with Crippen LogP contribution in [0.25, 0.3) is 11.0 Å². The minimum Gasteiger partial charge on any atom is -0.328 e. The van der Waals surface area contributed by atoms with E-state index < -0.39 is 0 Å². The molecule has 0 saturated carbocycles. The SMILES string of the molecule is CCn1c(C)nc2cc3c(cc21)CC1CNCC3C1. The Morgan fingerprint density at radius 1 is 1.37 bits per heavy atom. The molecule has 0 amide bonds. The van der Waals surface area contributed by atoms with Gasteiger partial charge in [-0.3, -0.25) is 0 Å². The van der Waals surface area contributed by atoms with Crippen molar-refractivity contribution in [3.63, 3.8) is 0 Å². The number of hydrogen-bond donors (Lipinski definition) is 1. The highest BCUT2D eigenvalue weighted by atomic mass is 15.1. The lowest BCUT2D eigenvalue weighted by Gasteiger charge is -2.36. The molecule has 1 aliphatic heterocycles. The molecule has 1 saturated heterocycles. The molecule has 2 atom stereocenters. The van der Waals surface area contributed by atoms with Gasteiger partial charge in [-0.15, -0.1) is 0 Å². The normalized spacial score (nSPS) is 25.6. The Labute approximate surface area is 114 Å². The van der Waals surface area contributed by atoms with E-state index in [4.69, 9.17) is 4.98 Å². The highest BCUT2D eigenvalue weighted by molar-refractivity contribution is 5.78. The fourth-order valence-electron chi connectivity index (χ4n) is 4.04. The Hall–Kier alpha value is -1.35. The third-order valence-electron chi connectivity index (χ3n) is 4.91. The van der Waals surface area contributed by atoms with Gasteiger partial charge in [-0.05, 0) is 68.3 Å². The number of fused-ring (bicyclic) bond motifs is 5. The van der Waals surface area contributed by atoms with Crippen molar-refractivity contribution in [2.24, 2.45) is 5.92 Å². The van der Waals surface area contributed by atoms with Crippen LogP contribution in [0.3, 0.4) is 0 Å². The fourth-order valence-corrected chi connectivity index (χ4v) is 4.04. The first-order valence-corrected chi connectivity index (χ1v) is 7.46. The molecule has 1 aromatic heterocycles. The second kappa shape index (κ2) is 4.07. The first-order chi connectivity index (χ1) is 9.26. The van der Waals surface area contributed by atoms with Gasteiger partial charge in [0.2, 0.25) is 0 Å². The number of rotatable bonds is 1. The molecule has 2 aliphatic rings. The van der Waals surface area contributed by atoms with E-state index in [1.54, 1.807) is 11.1 Å². The van der Waals surface area contributed by atoms with E-state index in [0.29, 0.717) is 5.92 Å². The van der Waals surface area contributed by atoms with E-state index in [-0.39, 0.29) is 0 Å². The summed E-state index contributed by atoms with van der Waals surface area (Å²) in [6, 6.07) is 4.77. The van der Waals surface area contributed by atoms with E-state index in [0.717, 1.165) is 24.8 Å². The molecular formula is C16H21N3. The maximum atomic E-state index is 4.74. The van der Waals surface area contributed by atoms with Crippen LogP contribution >= 0.6 is 0 Å². The largest absolute Gasteiger partial charge is 0.328 e. The zero-order valence-electron chi connectivity index (χ0n) is 11.7. The number of nitrogens with zero attached hydrogens (tertiary/aromatic N) is 2. The van der Waals surface area contributed by atoms with Crippen molar-refractivity contribution in [1.29, 1.82) is 0 Å². The maximum absolute atomic E-state index is 4.74. The van der Waals surface area contributed by atoms with Crippen molar-refractivity contribution in [1.82, 2.24) is 14.9 Å². The van der Waals surface area contributed by atoms with Crippen LogP contribution in [-0.4, -0.2) is 22.6 Å². The van der Waals surface area contributed by atoms with Gasteiger partial charge >= 0.3 is 0 Å². The Morgan fingerprint density at radius 2 is 2.26 bits per heavy atom. The van der Waals surface area contributed by atoms with Crippen LogP contribution in [0.4, 0.5) is 0 Å². The molecule has 3 heteroatoms. The van der Waals surface area contributed by atoms with Crippen LogP contribution in [0.15, 0.2) is 12.1 Å². The Morgan fingerprint density at radius 3 is 3.11 bits per heavy atom. The van der Waals surface area contributed by atoms with E-state index in [1.807, 2.05) is 0 Å². The molecular weight excluding hydrogens is 234 g/mol. The topological polar surface area (TPSA) is 29.9 Å². The molecule has 100 valence electrons. The van der Waals surface area contributed by atoms with Crippen molar-refractivity contribution in [3.05, 3.63) is 29.1 Å². The highest BCUT2D eigenvalue weighted by Crippen LogP contribution is 2.38. The first kappa shape index (κ1) is 11.5. The van der Waals surface area contributed by atoms with Crippen molar-refractivity contribution in [2.45, 2.75) is 39.2 Å². The Bertz CT molecular complexity index is 641. The second-order valence-electron chi connectivity index (χ2n) is 6.10. The average Bonchev–Trinajstić information content (AvgIpc) is 2.72. The minimum absolute atomic E-state index is 0.707. The summed E-state index contributed by atoms with van der Waals surface area (Å²) in [6.07, 6.45) is 2.60. The minimum atomic E-state index is 0.707. The highest BCUT2D eigenvalue weighted by Gasteiger charge is 2.30. The second-order valence-corrected chi connectivity index (χ2v) is 6.10. The number of hydrogen-bond acceptors (Lipinski definition) is 2. The molecule has 1 aromatic carbocycles. The van der Waals surface area contributed by atoms with Crippen LogP contribution in [0.1, 0.15) is 36.2 Å². The van der Waals surface area contributed by atoms with Crippen LogP contribution in [0, 0.1) is 12.8 Å². The van der Waals surface area contributed by atoms with Gasteiger partial charge in [0.1, 0.15) is 5.82 Å².